The van der Waals surface area contributed by atoms with Crippen LogP contribution in [0, 0.1) is 0 Å². The van der Waals surface area contributed by atoms with E-state index in [2.05, 4.69) is 21.7 Å². The van der Waals surface area contributed by atoms with Crippen molar-refractivity contribution in [3.63, 3.8) is 0 Å². The number of morpholine rings is 1. The van der Waals surface area contributed by atoms with Gasteiger partial charge in [0.2, 0.25) is 0 Å². The highest BCUT2D eigenvalue weighted by atomic mass is 16.5. The molecule has 2 aromatic rings. The lowest BCUT2D eigenvalue weighted by Gasteiger charge is -2.24. The molecule has 0 bridgehead atoms. The lowest BCUT2D eigenvalue weighted by atomic mass is 10.1. The molecule has 1 aromatic carbocycles. The smallest absolute Gasteiger partial charge is 0.134 e. The van der Waals surface area contributed by atoms with Crippen LogP contribution in [-0.4, -0.2) is 44.4 Å². The standard InChI is InChI=1S/C15H19N3O2/c1-19-14-4-2-3-13-12(14)5-6-17-15(13)18-9-11-10-20-8-7-16-11/h2-6,11,16H,7-10H2,1H3,(H,17,18). The summed E-state index contributed by atoms with van der Waals surface area (Å²) in [5.41, 5.74) is 0. The fraction of sp³-hybridized carbons (Fsp3) is 0.400. The molecular formula is C15H19N3O2. The summed E-state index contributed by atoms with van der Waals surface area (Å²) >= 11 is 0. The van der Waals surface area contributed by atoms with Crippen LogP contribution in [0.1, 0.15) is 0 Å². The van der Waals surface area contributed by atoms with Crippen molar-refractivity contribution in [2.24, 2.45) is 0 Å². The predicted molar refractivity (Wildman–Crippen MR) is 79.4 cm³/mol. The topological polar surface area (TPSA) is 55.4 Å². The molecule has 106 valence electrons. The predicted octanol–water partition coefficient (Wildman–Crippen LogP) is 1.64. The van der Waals surface area contributed by atoms with Crippen molar-refractivity contribution in [1.82, 2.24) is 10.3 Å². The molecular weight excluding hydrogens is 254 g/mol. The van der Waals surface area contributed by atoms with Gasteiger partial charge in [-0.25, -0.2) is 4.98 Å². The summed E-state index contributed by atoms with van der Waals surface area (Å²) in [5.74, 6) is 1.75. The molecule has 2 heterocycles. The number of nitrogens with one attached hydrogen (secondary N) is 2. The van der Waals surface area contributed by atoms with Crippen LogP contribution in [-0.2, 0) is 4.74 Å². The average molecular weight is 273 g/mol. The third-order valence-electron chi connectivity index (χ3n) is 3.50. The van der Waals surface area contributed by atoms with Gasteiger partial charge in [0.05, 0.1) is 20.3 Å². The van der Waals surface area contributed by atoms with Gasteiger partial charge in [0, 0.05) is 36.1 Å². The molecule has 0 aliphatic carbocycles. The summed E-state index contributed by atoms with van der Waals surface area (Å²) in [6, 6.07) is 8.30. The number of rotatable bonds is 4. The second-order valence-corrected chi connectivity index (χ2v) is 4.82. The Bertz CT molecular complexity index is 582. The molecule has 2 N–H and O–H groups in total. The van der Waals surface area contributed by atoms with Gasteiger partial charge in [0.25, 0.3) is 0 Å². The summed E-state index contributed by atoms with van der Waals surface area (Å²) in [5, 5.41) is 8.96. The molecule has 0 radical (unpaired) electrons. The maximum Gasteiger partial charge on any atom is 0.134 e. The van der Waals surface area contributed by atoms with Gasteiger partial charge in [-0.05, 0) is 12.1 Å². The molecule has 3 rings (SSSR count). The van der Waals surface area contributed by atoms with E-state index in [4.69, 9.17) is 9.47 Å². The van der Waals surface area contributed by atoms with Gasteiger partial charge in [-0.2, -0.15) is 0 Å². The van der Waals surface area contributed by atoms with Crippen molar-refractivity contribution in [2.75, 3.05) is 38.7 Å². The van der Waals surface area contributed by atoms with Gasteiger partial charge >= 0.3 is 0 Å². The Morgan fingerprint density at radius 2 is 2.35 bits per heavy atom. The quantitative estimate of drug-likeness (QED) is 0.887. The number of hydrogen-bond acceptors (Lipinski definition) is 5. The third-order valence-corrected chi connectivity index (χ3v) is 3.50. The first-order valence-corrected chi connectivity index (χ1v) is 6.85. The van der Waals surface area contributed by atoms with E-state index in [1.807, 2.05) is 18.2 Å². The highest BCUT2D eigenvalue weighted by molar-refractivity contribution is 5.95. The van der Waals surface area contributed by atoms with Gasteiger partial charge in [-0.15, -0.1) is 0 Å². The Kier molecular flexibility index (Phi) is 3.99. The highest BCUT2D eigenvalue weighted by Crippen LogP contribution is 2.28. The first-order chi connectivity index (χ1) is 9.88. The second kappa shape index (κ2) is 6.07. The fourth-order valence-corrected chi connectivity index (χ4v) is 2.47. The van der Waals surface area contributed by atoms with Crippen molar-refractivity contribution in [3.05, 3.63) is 30.5 Å². The number of ether oxygens (including phenoxy) is 2. The highest BCUT2D eigenvalue weighted by Gasteiger charge is 2.13. The number of anilines is 1. The van der Waals surface area contributed by atoms with E-state index in [1.54, 1.807) is 13.3 Å². The monoisotopic (exact) mass is 273 g/mol. The Balaban J connectivity index is 1.80. The van der Waals surface area contributed by atoms with Crippen LogP contribution in [0.25, 0.3) is 10.8 Å². The molecule has 1 fully saturated rings. The molecule has 1 saturated heterocycles. The molecule has 1 atom stereocenters. The summed E-state index contributed by atoms with van der Waals surface area (Å²) < 4.78 is 10.8. The SMILES string of the molecule is COc1cccc2c(NCC3COCCN3)nccc12. The van der Waals surface area contributed by atoms with Gasteiger partial charge in [0.1, 0.15) is 11.6 Å². The van der Waals surface area contributed by atoms with Crippen LogP contribution in [0.4, 0.5) is 5.82 Å². The Morgan fingerprint density at radius 3 is 3.15 bits per heavy atom. The largest absolute Gasteiger partial charge is 0.496 e. The number of hydrogen-bond donors (Lipinski definition) is 2. The minimum atomic E-state index is 0.325. The van der Waals surface area contributed by atoms with Crippen molar-refractivity contribution < 1.29 is 9.47 Å². The number of benzene rings is 1. The van der Waals surface area contributed by atoms with Gasteiger partial charge < -0.3 is 20.1 Å². The molecule has 1 aliphatic rings. The second-order valence-electron chi connectivity index (χ2n) is 4.82. The molecule has 0 saturated carbocycles. The number of pyridine rings is 1. The van der Waals surface area contributed by atoms with Crippen LogP contribution in [0.5, 0.6) is 5.75 Å². The summed E-state index contributed by atoms with van der Waals surface area (Å²) in [6.45, 7) is 3.23. The lowest BCUT2D eigenvalue weighted by Crippen LogP contribution is -2.45. The van der Waals surface area contributed by atoms with E-state index >= 15 is 0 Å². The van der Waals surface area contributed by atoms with E-state index < -0.39 is 0 Å². The van der Waals surface area contributed by atoms with E-state index in [9.17, 15) is 0 Å². The summed E-state index contributed by atoms with van der Waals surface area (Å²) in [7, 11) is 1.69. The molecule has 20 heavy (non-hydrogen) atoms. The first-order valence-electron chi connectivity index (χ1n) is 6.85. The normalized spacial score (nSPS) is 18.9. The number of fused-ring (bicyclic) bond motifs is 1. The molecule has 0 amide bonds. The van der Waals surface area contributed by atoms with Gasteiger partial charge in [-0.3, -0.25) is 0 Å². The first kappa shape index (κ1) is 13.1. The minimum Gasteiger partial charge on any atom is -0.496 e. The van der Waals surface area contributed by atoms with Gasteiger partial charge in [-0.1, -0.05) is 12.1 Å². The molecule has 0 spiro atoms. The van der Waals surface area contributed by atoms with Gasteiger partial charge in [0.15, 0.2) is 0 Å². The Morgan fingerprint density at radius 1 is 1.40 bits per heavy atom. The van der Waals surface area contributed by atoms with Crippen LogP contribution < -0.4 is 15.4 Å². The number of nitrogens with zero attached hydrogens (tertiary/aromatic N) is 1. The van der Waals surface area contributed by atoms with Crippen LogP contribution >= 0.6 is 0 Å². The van der Waals surface area contributed by atoms with E-state index in [1.165, 1.54) is 0 Å². The number of aromatic nitrogens is 1. The summed E-state index contributed by atoms with van der Waals surface area (Å²) in [6.07, 6.45) is 1.80. The van der Waals surface area contributed by atoms with Crippen LogP contribution in [0.15, 0.2) is 30.5 Å². The van der Waals surface area contributed by atoms with Crippen molar-refractivity contribution in [2.45, 2.75) is 6.04 Å². The van der Waals surface area contributed by atoms with Crippen molar-refractivity contribution >= 4 is 16.6 Å². The van der Waals surface area contributed by atoms with E-state index in [0.717, 1.165) is 48.6 Å². The van der Waals surface area contributed by atoms with Crippen molar-refractivity contribution in [3.8, 4) is 5.75 Å². The van der Waals surface area contributed by atoms with E-state index in [0.29, 0.717) is 6.04 Å². The fourth-order valence-electron chi connectivity index (χ4n) is 2.47. The molecule has 5 nitrogen and oxygen atoms in total. The minimum absolute atomic E-state index is 0.325. The zero-order valence-electron chi connectivity index (χ0n) is 11.6. The van der Waals surface area contributed by atoms with Crippen LogP contribution in [0.3, 0.4) is 0 Å². The summed E-state index contributed by atoms with van der Waals surface area (Å²) in [4.78, 5) is 4.43. The Hall–Kier alpha value is -1.85. The third kappa shape index (κ3) is 2.69. The van der Waals surface area contributed by atoms with E-state index in [-0.39, 0.29) is 0 Å². The maximum atomic E-state index is 5.45. The average Bonchev–Trinajstić information content (AvgIpc) is 2.53. The van der Waals surface area contributed by atoms with Crippen LogP contribution in [0.2, 0.25) is 0 Å². The molecule has 5 heteroatoms. The Labute approximate surface area is 118 Å². The maximum absolute atomic E-state index is 5.45. The molecule has 1 aliphatic heterocycles. The van der Waals surface area contributed by atoms with Crippen molar-refractivity contribution in [1.29, 1.82) is 0 Å². The number of methoxy groups -OCH3 is 1. The molecule has 1 aromatic heterocycles. The lowest BCUT2D eigenvalue weighted by molar-refractivity contribution is 0.0806. The zero-order valence-corrected chi connectivity index (χ0v) is 11.6. The molecule has 1 unspecified atom stereocenters. The zero-order chi connectivity index (χ0) is 13.8.